The third kappa shape index (κ3) is 2.45. The summed E-state index contributed by atoms with van der Waals surface area (Å²) in [5, 5.41) is 9.04. The Morgan fingerprint density at radius 2 is 2.00 bits per heavy atom. The zero-order valence-electron chi connectivity index (χ0n) is 10.9. The number of benzene rings is 1. The molecule has 3 rings (SSSR count). The molecule has 0 bridgehead atoms. The highest BCUT2D eigenvalue weighted by molar-refractivity contribution is 7.91. The molecule has 1 N–H and O–H groups in total. The van der Waals surface area contributed by atoms with Crippen molar-refractivity contribution in [3.8, 4) is 0 Å². The maximum atomic E-state index is 12.6. The van der Waals surface area contributed by atoms with Gasteiger partial charge < -0.3 is 5.11 Å². The number of carboxylic acids is 1. The molecule has 0 atom stereocenters. The summed E-state index contributed by atoms with van der Waals surface area (Å²) in [5.41, 5.74) is 2.92. The van der Waals surface area contributed by atoms with Crippen LogP contribution in [0.2, 0.25) is 0 Å². The van der Waals surface area contributed by atoms with Crippen molar-refractivity contribution in [1.82, 2.24) is 9.29 Å². The molecule has 2 heterocycles. The van der Waals surface area contributed by atoms with Gasteiger partial charge in [-0.25, -0.2) is 18.2 Å². The van der Waals surface area contributed by atoms with E-state index in [9.17, 15) is 13.2 Å². The van der Waals surface area contributed by atoms with Crippen LogP contribution in [0.4, 0.5) is 0 Å². The van der Waals surface area contributed by atoms with Crippen LogP contribution in [0.15, 0.2) is 34.0 Å². The molecular formula is C13H12N2O4S2. The third-order valence-electron chi connectivity index (χ3n) is 3.41. The Hall–Kier alpha value is -1.77. The summed E-state index contributed by atoms with van der Waals surface area (Å²) in [6.07, 6.45) is 0.622. The quantitative estimate of drug-likeness (QED) is 0.926. The van der Waals surface area contributed by atoms with Crippen LogP contribution in [0.5, 0.6) is 0 Å². The fourth-order valence-corrected chi connectivity index (χ4v) is 5.05. The second kappa shape index (κ2) is 5.21. The van der Waals surface area contributed by atoms with E-state index < -0.39 is 21.7 Å². The van der Waals surface area contributed by atoms with E-state index in [2.05, 4.69) is 4.98 Å². The normalized spacial score (nSPS) is 15.6. The Morgan fingerprint density at radius 1 is 1.29 bits per heavy atom. The predicted molar refractivity (Wildman–Crippen MR) is 76.8 cm³/mol. The number of hydrogen-bond acceptors (Lipinski definition) is 5. The number of fused-ring (bicyclic) bond motifs is 1. The molecule has 0 unspecified atom stereocenters. The molecule has 0 saturated heterocycles. The van der Waals surface area contributed by atoms with Gasteiger partial charge in [0, 0.05) is 13.1 Å². The topological polar surface area (TPSA) is 87.6 Å². The number of nitrogens with zero attached hydrogens (tertiary/aromatic N) is 2. The largest absolute Gasteiger partial charge is 0.476 e. The highest BCUT2D eigenvalue weighted by Gasteiger charge is 2.33. The van der Waals surface area contributed by atoms with Crippen molar-refractivity contribution in [2.75, 3.05) is 6.54 Å². The molecule has 6 nitrogen and oxygen atoms in total. The number of rotatable bonds is 3. The van der Waals surface area contributed by atoms with Gasteiger partial charge in [-0.1, -0.05) is 24.3 Å². The molecule has 2 aromatic rings. The SMILES string of the molecule is O=C(O)c1ncsc1S(=O)(=O)N1CCc2ccccc2C1. The lowest BCUT2D eigenvalue weighted by Crippen LogP contribution is -2.36. The van der Waals surface area contributed by atoms with Crippen molar-refractivity contribution >= 4 is 27.3 Å². The van der Waals surface area contributed by atoms with E-state index in [1.54, 1.807) is 0 Å². The monoisotopic (exact) mass is 324 g/mol. The number of thiazole rings is 1. The number of carbonyl (C=O) groups is 1. The minimum atomic E-state index is -3.83. The maximum absolute atomic E-state index is 12.6. The van der Waals surface area contributed by atoms with Gasteiger partial charge >= 0.3 is 5.97 Å². The second-order valence-electron chi connectivity index (χ2n) is 4.65. The smallest absolute Gasteiger partial charge is 0.356 e. The molecule has 1 aliphatic rings. The van der Waals surface area contributed by atoms with Crippen LogP contribution >= 0.6 is 11.3 Å². The van der Waals surface area contributed by atoms with E-state index in [-0.39, 0.29) is 10.8 Å². The molecule has 21 heavy (non-hydrogen) atoms. The molecular weight excluding hydrogens is 312 g/mol. The van der Waals surface area contributed by atoms with Crippen molar-refractivity contribution in [2.45, 2.75) is 17.2 Å². The molecule has 0 fully saturated rings. The van der Waals surface area contributed by atoms with Crippen molar-refractivity contribution in [2.24, 2.45) is 0 Å². The Kier molecular flexibility index (Phi) is 3.52. The van der Waals surface area contributed by atoms with Crippen LogP contribution in [0, 0.1) is 0 Å². The van der Waals surface area contributed by atoms with Crippen LogP contribution in [0.25, 0.3) is 0 Å². The average Bonchev–Trinajstić information content (AvgIpc) is 2.97. The summed E-state index contributed by atoms with van der Waals surface area (Å²) >= 11 is 0.838. The Bertz CT molecular complexity index is 798. The van der Waals surface area contributed by atoms with E-state index in [0.717, 1.165) is 22.5 Å². The van der Waals surface area contributed by atoms with Crippen LogP contribution in [-0.4, -0.2) is 35.3 Å². The maximum Gasteiger partial charge on any atom is 0.356 e. The first-order valence-electron chi connectivity index (χ1n) is 6.24. The lowest BCUT2D eigenvalue weighted by Gasteiger charge is -2.27. The number of aromatic carboxylic acids is 1. The first-order valence-corrected chi connectivity index (χ1v) is 8.56. The number of aromatic nitrogens is 1. The van der Waals surface area contributed by atoms with E-state index in [1.807, 2.05) is 24.3 Å². The van der Waals surface area contributed by atoms with E-state index >= 15 is 0 Å². The highest BCUT2D eigenvalue weighted by atomic mass is 32.2. The summed E-state index contributed by atoms with van der Waals surface area (Å²) in [6.45, 7) is 0.603. The Morgan fingerprint density at radius 3 is 2.71 bits per heavy atom. The van der Waals surface area contributed by atoms with Gasteiger partial charge in [0.15, 0.2) is 9.90 Å². The van der Waals surface area contributed by atoms with Gasteiger partial charge in [0.1, 0.15) is 0 Å². The summed E-state index contributed by atoms with van der Waals surface area (Å²) < 4.78 is 26.3. The summed E-state index contributed by atoms with van der Waals surface area (Å²) in [7, 11) is -3.83. The second-order valence-corrected chi connectivity index (χ2v) is 7.64. The third-order valence-corrected chi connectivity index (χ3v) is 6.60. The zero-order chi connectivity index (χ0) is 15.0. The van der Waals surface area contributed by atoms with E-state index in [0.29, 0.717) is 13.0 Å². The zero-order valence-corrected chi connectivity index (χ0v) is 12.5. The molecule has 0 saturated carbocycles. The molecule has 0 amide bonds. The molecule has 1 aromatic carbocycles. The average molecular weight is 324 g/mol. The van der Waals surface area contributed by atoms with Gasteiger partial charge in [-0.2, -0.15) is 4.31 Å². The highest BCUT2D eigenvalue weighted by Crippen LogP contribution is 2.28. The molecule has 0 aliphatic carbocycles. The Balaban J connectivity index is 1.97. The predicted octanol–water partition coefficient (Wildman–Crippen LogP) is 1.59. The molecule has 0 spiro atoms. The molecule has 1 aliphatic heterocycles. The summed E-state index contributed by atoms with van der Waals surface area (Å²) in [6, 6.07) is 7.66. The first-order chi connectivity index (χ1) is 10.00. The molecule has 110 valence electrons. The van der Waals surface area contributed by atoms with Gasteiger partial charge in [0.25, 0.3) is 10.0 Å². The molecule has 8 heteroatoms. The minimum absolute atomic E-state index is 0.200. The first kappa shape index (κ1) is 14.2. The number of carboxylic acid groups (broad SMARTS) is 1. The van der Waals surface area contributed by atoms with Crippen molar-refractivity contribution in [3.63, 3.8) is 0 Å². The lowest BCUT2D eigenvalue weighted by molar-refractivity contribution is 0.0687. The lowest BCUT2D eigenvalue weighted by atomic mass is 10.0. The fraction of sp³-hybridized carbons (Fsp3) is 0.231. The molecule has 0 radical (unpaired) electrons. The van der Waals surface area contributed by atoms with Crippen molar-refractivity contribution < 1.29 is 18.3 Å². The van der Waals surface area contributed by atoms with Crippen molar-refractivity contribution in [3.05, 3.63) is 46.6 Å². The van der Waals surface area contributed by atoms with Crippen LogP contribution < -0.4 is 0 Å². The van der Waals surface area contributed by atoms with Crippen molar-refractivity contribution in [1.29, 1.82) is 0 Å². The minimum Gasteiger partial charge on any atom is -0.476 e. The summed E-state index contributed by atoms with van der Waals surface area (Å²) in [5.74, 6) is -1.33. The van der Waals surface area contributed by atoms with Crippen LogP contribution in [0.1, 0.15) is 21.6 Å². The van der Waals surface area contributed by atoms with Gasteiger partial charge in [-0.05, 0) is 17.5 Å². The van der Waals surface area contributed by atoms with Gasteiger partial charge in [0.05, 0.1) is 5.51 Å². The van der Waals surface area contributed by atoms with Gasteiger partial charge in [-0.3, -0.25) is 0 Å². The van der Waals surface area contributed by atoms with E-state index in [4.69, 9.17) is 5.11 Å². The van der Waals surface area contributed by atoms with E-state index in [1.165, 1.54) is 9.82 Å². The Labute approximate surface area is 125 Å². The number of hydrogen-bond donors (Lipinski definition) is 1. The van der Waals surface area contributed by atoms with Gasteiger partial charge in [-0.15, -0.1) is 11.3 Å². The fourth-order valence-electron chi connectivity index (χ4n) is 2.35. The van der Waals surface area contributed by atoms with Crippen LogP contribution in [0.3, 0.4) is 0 Å². The number of sulfonamides is 1. The van der Waals surface area contributed by atoms with Crippen LogP contribution in [-0.2, 0) is 23.0 Å². The molecule has 1 aromatic heterocycles. The van der Waals surface area contributed by atoms with Gasteiger partial charge in [0.2, 0.25) is 0 Å². The summed E-state index contributed by atoms with van der Waals surface area (Å²) in [4.78, 5) is 14.7. The standard InChI is InChI=1S/C13H12N2O4S2/c16-12(17)11-13(20-8-14-11)21(18,19)15-6-5-9-3-1-2-4-10(9)7-15/h1-4,8H,5-7H2,(H,16,17).